The molecule has 2 rings (SSSR count). The van der Waals surface area contributed by atoms with E-state index < -0.39 is 0 Å². The smallest absolute Gasteiger partial charge is 0.255 e. The average Bonchev–Trinajstić information content (AvgIpc) is 2.48. The Bertz CT molecular complexity index is 711. The molecule has 0 spiro atoms. The van der Waals surface area contributed by atoms with Gasteiger partial charge in [-0.15, -0.1) is 0 Å². The number of rotatable bonds is 4. The summed E-state index contributed by atoms with van der Waals surface area (Å²) in [6.07, 6.45) is 0. The van der Waals surface area contributed by atoms with E-state index in [4.69, 9.17) is 33.2 Å². The summed E-state index contributed by atoms with van der Waals surface area (Å²) in [5.41, 5.74) is 0.953. The number of hydrogen-bond acceptors (Lipinski definition) is 3. The second kappa shape index (κ2) is 6.98. The Kier molecular flexibility index (Phi) is 5.04. The van der Waals surface area contributed by atoms with Crippen molar-refractivity contribution in [3.63, 3.8) is 0 Å². The number of hydrogen-bond donors (Lipinski definition) is 1. The molecule has 0 aromatic heterocycles. The molecular formula is C15H10Cl2N2O2. The number of carbonyl (C=O) groups is 1. The van der Waals surface area contributed by atoms with Crippen LogP contribution < -0.4 is 10.1 Å². The summed E-state index contributed by atoms with van der Waals surface area (Å²) in [6, 6.07) is 13.3. The number of nitrogens with zero attached hydrogens (tertiary/aromatic N) is 1. The topological polar surface area (TPSA) is 62.1 Å². The predicted octanol–water partition coefficient (Wildman–Crippen LogP) is 4.15. The van der Waals surface area contributed by atoms with Crippen LogP contribution in [0, 0.1) is 11.3 Å². The minimum atomic E-state index is -0.314. The molecular weight excluding hydrogens is 311 g/mol. The lowest BCUT2D eigenvalue weighted by Crippen LogP contribution is -2.11. The summed E-state index contributed by atoms with van der Waals surface area (Å²) in [5.74, 6) is 0.189. The van der Waals surface area contributed by atoms with Crippen LogP contribution in [0.2, 0.25) is 10.0 Å². The zero-order chi connectivity index (χ0) is 15.2. The maximum atomic E-state index is 12.1. The molecule has 21 heavy (non-hydrogen) atoms. The van der Waals surface area contributed by atoms with Gasteiger partial charge in [0, 0.05) is 17.3 Å². The molecule has 0 aliphatic carbocycles. The van der Waals surface area contributed by atoms with E-state index in [9.17, 15) is 4.79 Å². The second-order valence-corrected chi connectivity index (χ2v) is 4.87. The van der Waals surface area contributed by atoms with Gasteiger partial charge >= 0.3 is 0 Å². The normalized spacial score (nSPS) is 9.76. The molecule has 6 heteroatoms. The largest absolute Gasteiger partial charge is 0.479 e. The van der Waals surface area contributed by atoms with Crippen LogP contribution in [0.15, 0.2) is 42.5 Å². The summed E-state index contributed by atoms with van der Waals surface area (Å²) >= 11 is 11.7. The van der Waals surface area contributed by atoms with Crippen molar-refractivity contribution in [2.45, 2.75) is 0 Å². The number of anilines is 1. The fourth-order valence-corrected chi connectivity index (χ4v) is 1.92. The molecule has 2 aromatic carbocycles. The van der Waals surface area contributed by atoms with Gasteiger partial charge in [-0.05, 0) is 30.3 Å². The lowest BCUT2D eigenvalue weighted by molar-refractivity contribution is 0.102. The van der Waals surface area contributed by atoms with Gasteiger partial charge in [-0.1, -0.05) is 29.3 Å². The van der Waals surface area contributed by atoms with E-state index in [-0.39, 0.29) is 12.5 Å². The second-order valence-electron chi connectivity index (χ2n) is 4.06. The van der Waals surface area contributed by atoms with Crippen molar-refractivity contribution in [3.8, 4) is 11.8 Å². The molecule has 0 bridgehead atoms. The molecule has 0 radical (unpaired) electrons. The third-order valence-corrected chi connectivity index (χ3v) is 3.32. The van der Waals surface area contributed by atoms with Gasteiger partial charge in [0.1, 0.15) is 11.8 Å². The molecule has 0 fully saturated rings. The standard InChI is InChI=1S/C15H10Cl2N2O2/c16-13-5-4-10(8-14(13)17)15(20)19-11-2-1-3-12(9-11)21-7-6-18/h1-5,8-9H,7H2,(H,19,20). The van der Waals surface area contributed by atoms with Crippen LogP contribution in [0.4, 0.5) is 5.69 Å². The summed E-state index contributed by atoms with van der Waals surface area (Å²) in [6.45, 7) is -0.0514. The van der Waals surface area contributed by atoms with Crippen molar-refractivity contribution in [1.82, 2.24) is 0 Å². The van der Waals surface area contributed by atoms with E-state index >= 15 is 0 Å². The first-order valence-corrected chi connectivity index (χ1v) is 6.72. The van der Waals surface area contributed by atoms with Gasteiger partial charge in [0.15, 0.2) is 6.61 Å². The number of nitrogens with one attached hydrogen (secondary N) is 1. The monoisotopic (exact) mass is 320 g/mol. The molecule has 0 unspecified atom stereocenters. The highest BCUT2D eigenvalue weighted by Crippen LogP contribution is 2.23. The average molecular weight is 321 g/mol. The molecule has 0 saturated heterocycles. The Morgan fingerprint density at radius 1 is 1.19 bits per heavy atom. The Morgan fingerprint density at radius 2 is 2.00 bits per heavy atom. The van der Waals surface area contributed by atoms with Crippen LogP contribution >= 0.6 is 23.2 Å². The molecule has 0 aliphatic rings. The van der Waals surface area contributed by atoms with Gasteiger partial charge in [0.2, 0.25) is 0 Å². The van der Waals surface area contributed by atoms with Crippen LogP contribution in [-0.2, 0) is 0 Å². The summed E-state index contributed by atoms with van der Waals surface area (Å²) in [7, 11) is 0. The van der Waals surface area contributed by atoms with Crippen molar-refractivity contribution < 1.29 is 9.53 Å². The van der Waals surface area contributed by atoms with Gasteiger partial charge in [-0.3, -0.25) is 4.79 Å². The molecule has 0 atom stereocenters. The SMILES string of the molecule is N#CCOc1cccc(NC(=O)c2ccc(Cl)c(Cl)c2)c1. The van der Waals surface area contributed by atoms with E-state index in [0.717, 1.165) is 0 Å². The third-order valence-electron chi connectivity index (χ3n) is 2.58. The number of amides is 1. The van der Waals surface area contributed by atoms with E-state index in [0.29, 0.717) is 27.0 Å². The first-order valence-electron chi connectivity index (χ1n) is 5.96. The van der Waals surface area contributed by atoms with Crippen molar-refractivity contribution in [3.05, 3.63) is 58.1 Å². The third kappa shape index (κ3) is 4.12. The number of halogens is 2. The highest BCUT2D eigenvalue weighted by Gasteiger charge is 2.09. The number of ether oxygens (including phenoxy) is 1. The lowest BCUT2D eigenvalue weighted by Gasteiger charge is -2.08. The first kappa shape index (κ1) is 15.2. The van der Waals surface area contributed by atoms with E-state index in [1.54, 1.807) is 36.4 Å². The predicted molar refractivity (Wildman–Crippen MR) is 82.0 cm³/mol. The van der Waals surface area contributed by atoms with Gasteiger partial charge in [0.05, 0.1) is 10.0 Å². The number of benzene rings is 2. The van der Waals surface area contributed by atoms with Crippen molar-refractivity contribution in [2.24, 2.45) is 0 Å². The van der Waals surface area contributed by atoms with Gasteiger partial charge in [-0.2, -0.15) is 5.26 Å². The highest BCUT2D eigenvalue weighted by atomic mass is 35.5. The van der Waals surface area contributed by atoms with Gasteiger partial charge in [0.25, 0.3) is 5.91 Å². The fourth-order valence-electron chi connectivity index (χ4n) is 1.62. The molecule has 0 saturated carbocycles. The Balaban J connectivity index is 2.12. The zero-order valence-corrected chi connectivity index (χ0v) is 12.3. The van der Waals surface area contributed by atoms with Gasteiger partial charge in [-0.25, -0.2) is 0 Å². The summed E-state index contributed by atoms with van der Waals surface area (Å²) in [4.78, 5) is 12.1. The zero-order valence-electron chi connectivity index (χ0n) is 10.8. The first-order chi connectivity index (χ1) is 10.1. The molecule has 1 amide bonds. The fraction of sp³-hybridized carbons (Fsp3) is 0.0667. The molecule has 0 heterocycles. The Hall–Kier alpha value is -2.22. The summed E-state index contributed by atoms with van der Waals surface area (Å²) < 4.78 is 5.17. The van der Waals surface area contributed by atoms with Crippen LogP contribution in [0.1, 0.15) is 10.4 Å². The van der Waals surface area contributed by atoms with Gasteiger partial charge < -0.3 is 10.1 Å². The van der Waals surface area contributed by atoms with Crippen molar-refractivity contribution >= 4 is 34.8 Å². The van der Waals surface area contributed by atoms with Crippen LogP contribution in [0.3, 0.4) is 0 Å². The number of nitriles is 1. The maximum absolute atomic E-state index is 12.1. The molecule has 4 nitrogen and oxygen atoms in total. The molecule has 1 N–H and O–H groups in total. The minimum Gasteiger partial charge on any atom is -0.479 e. The van der Waals surface area contributed by atoms with E-state index in [1.165, 1.54) is 6.07 Å². The molecule has 106 valence electrons. The lowest BCUT2D eigenvalue weighted by atomic mass is 10.2. The van der Waals surface area contributed by atoms with Crippen LogP contribution in [0.25, 0.3) is 0 Å². The molecule has 2 aromatic rings. The number of carbonyl (C=O) groups excluding carboxylic acids is 1. The van der Waals surface area contributed by atoms with E-state index in [1.807, 2.05) is 6.07 Å². The summed E-state index contributed by atoms with van der Waals surface area (Å²) in [5, 5.41) is 11.9. The quantitative estimate of drug-likeness (QED) is 0.920. The Labute approximate surface area is 131 Å². The van der Waals surface area contributed by atoms with Crippen molar-refractivity contribution in [1.29, 1.82) is 5.26 Å². The van der Waals surface area contributed by atoms with E-state index in [2.05, 4.69) is 5.32 Å². The van der Waals surface area contributed by atoms with Crippen LogP contribution in [-0.4, -0.2) is 12.5 Å². The minimum absolute atomic E-state index is 0.0514. The highest BCUT2D eigenvalue weighted by molar-refractivity contribution is 6.42. The molecule has 0 aliphatic heterocycles. The van der Waals surface area contributed by atoms with Crippen LogP contribution in [0.5, 0.6) is 5.75 Å². The van der Waals surface area contributed by atoms with Crippen molar-refractivity contribution in [2.75, 3.05) is 11.9 Å². The Morgan fingerprint density at radius 3 is 2.71 bits per heavy atom. The maximum Gasteiger partial charge on any atom is 0.255 e.